The summed E-state index contributed by atoms with van der Waals surface area (Å²) in [4.78, 5) is 73.1. The molecule has 0 aliphatic rings. The first-order valence-corrected chi connectivity index (χ1v) is 45.7. The fraction of sp³-hybridized carbons (Fsp3) is 0.952. The summed E-state index contributed by atoms with van der Waals surface area (Å²) < 4.78 is 68.8. The van der Waals surface area contributed by atoms with Crippen molar-refractivity contribution in [2.24, 2.45) is 23.7 Å². The van der Waals surface area contributed by atoms with Crippen LogP contribution in [0.3, 0.4) is 0 Å². The summed E-state index contributed by atoms with van der Waals surface area (Å²) in [6.07, 6.45) is 59.6. The van der Waals surface area contributed by atoms with Gasteiger partial charge in [0.2, 0.25) is 0 Å². The van der Waals surface area contributed by atoms with Gasteiger partial charge in [-0.05, 0) is 49.4 Å². The Bertz CT molecular complexity index is 1990. The average Bonchev–Trinajstić information content (AvgIpc) is 0.920. The maximum atomic E-state index is 13.1. The van der Waals surface area contributed by atoms with Gasteiger partial charge in [0.15, 0.2) is 12.2 Å². The Labute approximate surface area is 626 Å². The summed E-state index contributed by atoms with van der Waals surface area (Å²) in [6.45, 7) is 14.3. The van der Waals surface area contributed by atoms with E-state index in [0.717, 1.165) is 114 Å². The van der Waals surface area contributed by atoms with Gasteiger partial charge in [-0.3, -0.25) is 37.3 Å². The number of esters is 4. The van der Waals surface area contributed by atoms with E-state index in [-0.39, 0.29) is 25.7 Å². The summed E-state index contributed by atoms with van der Waals surface area (Å²) in [5.74, 6) is 1.04. The molecular weight excluding hydrogens is 1330 g/mol. The first-order chi connectivity index (χ1) is 49.1. The van der Waals surface area contributed by atoms with Crippen molar-refractivity contribution in [3.05, 3.63) is 0 Å². The molecule has 0 bridgehead atoms. The minimum atomic E-state index is -4.96. The molecule has 3 unspecified atom stereocenters. The third-order valence-electron chi connectivity index (χ3n) is 19.7. The predicted octanol–water partition coefficient (Wildman–Crippen LogP) is 24.8. The summed E-state index contributed by atoms with van der Waals surface area (Å²) in [5.41, 5.74) is 0. The SMILES string of the molecule is CCC(C)CCCCCCCCCCCCC(=O)O[C@H](COC(=O)CCCCCCCCCCCC(C)C)COP(=O)(O)OC[C@H](O)COP(=O)(O)OC[C@@H](COC(=O)CCCCCCCCCCCCCCCCC(C)C)OC(=O)CCCCCCCCCCCCCCCCCCC(C)C. The zero-order valence-corrected chi connectivity index (χ0v) is 69.0. The normalized spacial score (nSPS) is 14.3. The number of aliphatic hydroxyl groups is 1. The second-order valence-electron chi connectivity index (χ2n) is 31.5. The molecule has 0 rings (SSSR count). The van der Waals surface area contributed by atoms with E-state index in [1.54, 1.807) is 0 Å². The lowest BCUT2D eigenvalue weighted by Crippen LogP contribution is -2.30. The topological polar surface area (TPSA) is 237 Å². The monoisotopic (exact) mass is 1490 g/mol. The van der Waals surface area contributed by atoms with Crippen LogP contribution in [0.4, 0.5) is 0 Å². The molecule has 0 radical (unpaired) electrons. The van der Waals surface area contributed by atoms with Crippen LogP contribution < -0.4 is 0 Å². The van der Waals surface area contributed by atoms with Gasteiger partial charge in [0.1, 0.15) is 19.3 Å². The lowest BCUT2D eigenvalue weighted by atomic mass is 9.99. The first-order valence-electron chi connectivity index (χ1n) is 42.7. The number of ether oxygens (including phenoxy) is 4. The number of phosphoric ester groups is 2. The Hall–Kier alpha value is -1.94. The number of hydrogen-bond donors (Lipinski definition) is 3. The van der Waals surface area contributed by atoms with E-state index < -0.39 is 97.5 Å². The van der Waals surface area contributed by atoms with Crippen molar-refractivity contribution < 1.29 is 80.2 Å². The Morgan fingerprint density at radius 2 is 0.471 bits per heavy atom. The number of aliphatic hydroxyl groups excluding tert-OH is 1. The zero-order valence-electron chi connectivity index (χ0n) is 67.2. The molecule has 102 heavy (non-hydrogen) atoms. The molecule has 17 nitrogen and oxygen atoms in total. The highest BCUT2D eigenvalue weighted by Gasteiger charge is 2.30. The van der Waals surface area contributed by atoms with E-state index in [9.17, 15) is 43.2 Å². The van der Waals surface area contributed by atoms with Crippen molar-refractivity contribution in [1.29, 1.82) is 0 Å². The summed E-state index contributed by atoms with van der Waals surface area (Å²) in [5, 5.41) is 10.7. The molecular formula is C83H162O17P2. The number of unbranched alkanes of at least 4 members (excludes halogenated alkanes) is 45. The van der Waals surface area contributed by atoms with E-state index in [4.69, 9.17) is 37.0 Å². The molecule has 3 N–H and O–H groups in total. The van der Waals surface area contributed by atoms with Crippen molar-refractivity contribution in [3.63, 3.8) is 0 Å². The maximum Gasteiger partial charge on any atom is 0.472 e. The van der Waals surface area contributed by atoms with Gasteiger partial charge >= 0.3 is 39.5 Å². The van der Waals surface area contributed by atoms with Crippen molar-refractivity contribution in [1.82, 2.24) is 0 Å². The van der Waals surface area contributed by atoms with Gasteiger partial charge in [-0.25, -0.2) is 9.13 Å². The highest BCUT2D eigenvalue weighted by atomic mass is 31.2. The molecule has 0 heterocycles. The van der Waals surface area contributed by atoms with Crippen LogP contribution in [-0.4, -0.2) is 96.7 Å². The van der Waals surface area contributed by atoms with Crippen LogP contribution in [0, 0.1) is 23.7 Å². The average molecular weight is 1490 g/mol. The van der Waals surface area contributed by atoms with E-state index in [0.29, 0.717) is 25.7 Å². The Kier molecular flexibility index (Phi) is 70.6. The largest absolute Gasteiger partial charge is 0.472 e. The second kappa shape index (κ2) is 72.0. The fourth-order valence-corrected chi connectivity index (χ4v) is 14.3. The molecule has 0 aromatic carbocycles. The molecule has 19 heteroatoms. The van der Waals surface area contributed by atoms with Gasteiger partial charge in [-0.15, -0.1) is 0 Å². The Balaban J connectivity index is 5.27. The number of carbonyl (C=O) groups excluding carboxylic acids is 4. The van der Waals surface area contributed by atoms with E-state index in [1.165, 1.54) is 231 Å². The number of phosphoric acid groups is 2. The highest BCUT2D eigenvalue weighted by molar-refractivity contribution is 7.47. The third kappa shape index (κ3) is 74.9. The molecule has 0 aliphatic heterocycles. The summed E-state index contributed by atoms with van der Waals surface area (Å²) in [7, 11) is -9.93. The summed E-state index contributed by atoms with van der Waals surface area (Å²) >= 11 is 0. The van der Waals surface area contributed by atoms with Gasteiger partial charge in [0, 0.05) is 25.7 Å². The van der Waals surface area contributed by atoms with Crippen LogP contribution in [0.2, 0.25) is 0 Å². The maximum absolute atomic E-state index is 13.1. The highest BCUT2D eigenvalue weighted by Crippen LogP contribution is 2.45. The Morgan fingerprint density at radius 3 is 0.696 bits per heavy atom. The molecule has 0 saturated heterocycles. The van der Waals surface area contributed by atoms with Gasteiger partial charge in [-0.2, -0.15) is 0 Å². The lowest BCUT2D eigenvalue weighted by molar-refractivity contribution is -0.161. The van der Waals surface area contributed by atoms with Gasteiger partial charge in [0.05, 0.1) is 26.4 Å². The first kappa shape index (κ1) is 100. The van der Waals surface area contributed by atoms with Crippen LogP contribution in [-0.2, 0) is 65.4 Å². The number of hydrogen-bond acceptors (Lipinski definition) is 15. The molecule has 0 fully saturated rings. The van der Waals surface area contributed by atoms with Crippen molar-refractivity contribution in [2.75, 3.05) is 39.6 Å². The fourth-order valence-electron chi connectivity index (χ4n) is 12.8. The molecule has 0 saturated carbocycles. The molecule has 6 atom stereocenters. The van der Waals surface area contributed by atoms with Crippen LogP contribution in [0.25, 0.3) is 0 Å². The van der Waals surface area contributed by atoms with Crippen molar-refractivity contribution >= 4 is 39.5 Å². The van der Waals surface area contributed by atoms with E-state index in [1.807, 2.05) is 0 Å². The molecule has 606 valence electrons. The van der Waals surface area contributed by atoms with E-state index >= 15 is 0 Å². The lowest BCUT2D eigenvalue weighted by Gasteiger charge is -2.21. The zero-order chi connectivity index (χ0) is 75.3. The van der Waals surface area contributed by atoms with Crippen LogP contribution in [0.15, 0.2) is 0 Å². The third-order valence-corrected chi connectivity index (χ3v) is 21.6. The predicted molar refractivity (Wildman–Crippen MR) is 418 cm³/mol. The van der Waals surface area contributed by atoms with Gasteiger partial charge in [0.25, 0.3) is 0 Å². The van der Waals surface area contributed by atoms with Crippen molar-refractivity contribution in [2.45, 2.75) is 446 Å². The molecule has 0 amide bonds. The van der Waals surface area contributed by atoms with Gasteiger partial charge in [-0.1, -0.05) is 376 Å². The number of carbonyl (C=O) groups is 4. The van der Waals surface area contributed by atoms with Crippen LogP contribution >= 0.6 is 15.6 Å². The minimum Gasteiger partial charge on any atom is -0.462 e. The molecule has 0 aliphatic carbocycles. The quantitative estimate of drug-likeness (QED) is 0.0222. The van der Waals surface area contributed by atoms with E-state index in [2.05, 4.69) is 55.4 Å². The Morgan fingerprint density at radius 1 is 0.275 bits per heavy atom. The molecule has 0 aromatic rings. The molecule has 0 aromatic heterocycles. The van der Waals surface area contributed by atoms with Crippen LogP contribution in [0.5, 0.6) is 0 Å². The van der Waals surface area contributed by atoms with Gasteiger partial charge < -0.3 is 33.8 Å². The standard InChI is InChI=1S/C83H162O17P2/c1-9-76(8)62-54-46-38-30-24-25-33-42-50-58-66-83(88)100-79(70-94-81(86)64-56-48-40-34-26-29-37-45-53-61-75(6)7)72-98-102(91,92)96-68-77(84)67-95-101(89,90)97-71-78(69-93-80(85)63-55-47-39-31-22-18-15-14-17-21-28-36-44-52-60-74(4)5)99-82(87)65-57-49-41-32-23-19-13-11-10-12-16-20-27-35-43-51-59-73(2)3/h73-79,84H,9-72H2,1-8H3,(H,89,90)(H,91,92)/t76?,77-,78-,79-/m1/s1. The minimum absolute atomic E-state index is 0.106. The van der Waals surface area contributed by atoms with Crippen molar-refractivity contribution in [3.8, 4) is 0 Å². The summed E-state index contributed by atoms with van der Waals surface area (Å²) in [6, 6.07) is 0. The number of rotatable bonds is 80. The smallest absolute Gasteiger partial charge is 0.462 e. The van der Waals surface area contributed by atoms with Crippen LogP contribution in [0.1, 0.15) is 428 Å². The second-order valence-corrected chi connectivity index (χ2v) is 34.4. The molecule has 0 spiro atoms.